The van der Waals surface area contributed by atoms with E-state index < -0.39 is 0 Å². The fourth-order valence-electron chi connectivity index (χ4n) is 2.45. The van der Waals surface area contributed by atoms with Crippen LogP contribution in [0.3, 0.4) is 0 Å². The number of nitrogens with one attached hydrogen (secondary N) is 1. The monoisotopic (exact) mass is 327 g/mol. The highest BCUT2D eigenvalue weighted by Crippen LogP contribution is 2.39. The summed E-state index contributed by atoms with van der Waals surface area (Å²) >= 11 is 5.31. The van der Waals surface area contributed by atoms with Gasteiger partial charge >= 0.3 is 0 Å². The van der Waals surface area contributed by atoms with Gasteiger partial charge < -0.3 is 5.32 Å². The normalized spacial score (nSPS) is 17.7. The number of carbonyl (C=O) groups excluding carboxylic acids is 1. The summed E-state index contributed by atoms with van der Waals surface area (Å²) in [4.78, 5) is 12.1. The van der Waals surface area contributed by atoms with E-state index in [4.69, 9.17) is 0 Å². The van der Waals surface area contributed by atoms with Crippen LogP contribution in [-0.2, 0) is 0 Å². The molecule has 2 nitrogen and oxygen atoms in total. The Labute approximate surface area is 121 Å². The van der Waals surface area contributed by atoms with Crippen molar-refractivity contribution in [3.8, 4) is 0 Å². The predicted octanol–water partition coefficient (Wildman–Crippen LogP) is 3.85. The molecule has 0 spiro atoms. The molecule has 0 heterocycles. The van der Waals surface area contributed by atoms with Crippen LogP contribution in [0.1, 0.15) is 36.0 Å². The minimum absolute atomic E-state index is 0.0165. The van der Waals surface area contributed by atoms with Crippen LogP contribution in [0.5, 0.6) is 0 Å². The Morgan fingerprint density at radius 2 is 2.06 bits per heavy atom. The smallest absolute Gasteiger partial charge is 0.252 e. The molecule has 1 amide bonds. The van der Waals surface area contributed by atoms with Crippen LogP contribution in [0.2, 0.25) is 0 Å². The van der Waals surface area contributed by atoms with Gasteiger partial charge in [0.15, 0.2) is 0 Å². The van der Waals surface area contributed by atoms with E-state index in [0.29, 0.717) is 5.56 Å². The van der Waals surface area contributed by atoms with Crippen LogP contribution < -0.4 is 5.32 Å². The molecular formula is C14H18BrNOS. The molecule has 1 N–H and O–H groups in total. The Bertz CT molecular complexity index is 430. The topological polar surface area (TPSA) is 29.1 Å². The summed E-state index contributed by atoms with van der Waals surface area (Å²) in [6.45, 7) is 0.772. The number of halogens is 1. The molecule has 0 aliphatic heterocycles. The Hall–Kier alpha value is -0.480. The molecule has 0 radical (unpaired) electrons. The van der Waals surface area contributed by atoms with E-state index >= 15 is 0 Å². The third-order valence-corrected chi connectivity index (χ3v) is 5.75. The molecule has 0 saturated heterocycles. The highest BCUT2D eigenvalue weighted by atomic mass is 79.9. The van der Waals surface area contributed by atoms with Crippen molar-refractivity contribution < 1.29 is 4.79 Å². The van der Waals surface area contributed by atoms with Crippen LogP contribution in [0.4, 0.5) is 0 Å². The number of hydrogen-bond donors (Lipinski definition) is 1. The first-order valence-corrected chi connectivity index (χ1v) is 8.26. The minimum Gasteiger partial charge on any atom is -0.351 e. The summed E-state index contributed by atoms with van der Waals surface area (Å²) < 4.78 is 1.11. The third kappa shape index (κ3) is 3.09. The number of thioether (sulfide) groups is 1. The van der Waals surface area contributed by atoms with Gasteiger partial charge in [0.05, 0.1) is 5.56 Å². The standard InChI is InChI=1S/C14H18BrNOS/c1-18-14(8-4-5-9-14)10-16-13(17)11-6-2-3-7-12(11)15/h2-3,6-7H,4-5,8-10H2,1H3,(H,16,17). The molecule has 0 unspecified atom stereocenters. The van der Waals surface area contributed by atoms with Crippen molar-refractivity contribution in [3.05, 3.63) is 34.3 Å². The van der Waals surface area contributed by atoms with Crippen molar-refractivity contribution >= 4 is 33.6 Å². The second-order valence-corrected chi connectivity index (χ2v) is 6.89. The number of amides is 1. The predicted molar refractivity (Wildman–Crippen MR) is 81.2 cm³/mol. The zero-order valence-corrected chi connectivity index (χ0v) is 12.9. The van der Waals surface area contributed by atoms with Crippen LogP contribution in [0.25, 0.3) is 0 Å². The van der Waals surface area contributed by atoms with E-state index in [-0.39, 0.29) is 10.7 Å². The van der Waals surface area contributed by atoms with Crippen LogP contribution in [0.15, 0.2) is 28.7 Å². The van der Waals surface area contributed by atoms with Crippen molar-refractivity contribution in [3.63, 3.8) is 0 Å². The van der Waals surface area contributed by atoms with E-state index in [0.717, 1.165) is 11.0 Å². The van der Waals surface area contributed by atoms with Crippen LogP contribution in [0, 0.1) is 0 Å². The summed E-state index contributed by atoms with van der Waals surface area (Å²) in [5, 5.41) is 3.08. The second-order valence-electron chi connectivity index (χ2n) is 4.76. The number of rotatable bonds is 4. The maximum Gasteiger partial charge on any atom is 0.252 e. The second kappa shape index (κ2) is 6.11. The van der Waals surface area contributed by atoms with Gasteiger partial charge in [0.25, 0.3) is 5.91 Å². The largest absolute Gasteiger partial charge is 0.351 e. The Morgan fingerprint density at radius 1 is 1.39 bits per heavy atom. The lowest BCUT2D eigenvalue weighted by molar-refractivity contribution is 0.0949. The molecule has 1 aliphatic rings. The van der Waals surface area contributed by atoms with E-state index in [2.05, 4.69) is 27.5 Å². The van der Waals surface area contributed by atoms with E-state index in [1.807, 2.05) is 36.0 Å². The molecule has 1 aliphatic carbocycles. The number of hydrogen-bond acceptors (Lipinski definition) is 2. The highest BCUT2D eigenvalue weighted by molar-refractivity contribution is 9.10. The summed E-state index contributed by atoms with van der Waals surface area (Å²) in [6, 6.07) is 7.55. The number of carbonyl (C=O) groups is 1. The molecule has 1 aromatic rings. The van der Waals surface area contributed by atoms with Gasteiger partial charge in [-0.15, -0.1) is 0 Å². The molecule has 0 aromatic heterocycles. The zero-order valence-electron chi connectivity index (χ0n) is 10.5. The average Bonchev–Trinajstić information content (AvgIpc) is 2.86. The molecule has 1 aromatic carbocycles. The molecule has 2 rings (SSSR count). The molecule has 0 atom stereocenters. The molecule has 1 fully saturated rings. The lowest BCUT2D eigenvalue weighted by atomic mass is 10.1. The quantitative estimate of drug-likeness (QED) is 0.909. The Balaban J connectivity index is 1.98. The van der Waals surface area contributed by atoms with Crippen LogP contribution >= 0.6 is 27.7 Å². The SMILES string of the molecule is CSC1(CNC(=O)c2ccccc2Br)CCCC1. The Morgan fingerprint density at radius 3 is 2.67 bits per heavy atom. The summed E-state index contributed by atoms with van der Waals surface area (Å²) in [6.07, 6.45) is 7.14. The molecule has 4 heteroatoms. The summed E-state index contributed by atoms with van der Waals surface area (Å²) in [7, 11) is 0. The van der Waals surface area contributed by atoms with Crippen molar-refractivity contribution in [1.82, 2.24) is 5.32 Å². The fourth-order valence-corrected chi connectivity index (χ4v) is 3.83. The maximum absolute atomic E-state index is 12.1. The third-order valence-electron chi connectivity index (χ3n) is 3.64. The van der Waals surface area contributed by atoms with Crippen molar-refractivity contribution in [1.29, 1.82) is 0 Å². The van der Waals surface area contributed by atoms with Gasteiger partial charge in [-0.2, -0.15) is 11.8 Å². The first-order valence-electron chi connectivity index (χ1n) is 6.25. The maximum atomic E-state index is 12.1. The lowest BCUT2D eigenvalue weighted by Crippen LogP contribution is -2.38. The van der Waals surface area contributed by atoms with Crippen LogP contribution in [-0.4, -0.2) is 23.5 Å². The van der Waals surface area contributed by atoms with Crippen molar-refractivity contribution in [2.75, 3.05) is 12.8 Å². The zero-order chi connectivity index (χ0) is 13.0. The number of benzene rings is 1. The van der Waals surface area contributed by atoms with E-state index in [1.54, 1.807) is 0 Å². The van der Waals surface area contributed by atoms with E-state index in [9.17, 15) is 4.79 Å². The fraction of sp³-hybridized carbons (Fsp3) is 0.500. The van der Waals surface area contributed by atoms with Crippen molar-refractivity contribution in [2.24, 2.45) is 0 Å². The van der Waals surface area contributed by atoms with Gasteiger partial charge in [0.1, 0.15) is 0 Å². The molecular weight excluding hydrogens is 310 g/mol. The summed E-state index contributed by atoms with van der Waals surface area (Å²) in [5.41, 5.74) is 0.715. The molecule has 0 bridgehead atoms. The van der Waals surface area contributed by atoms with Gasteiger partial charge in [-0.25, -0.2) is 0 Å². The van der Waals surface area contributed by atoms with Gasteiger partial charge in [-0.3, -0.25) is 4.79 Å². The first-order chi connectivity index (χ1) is 8.67. The van der Waals surface area contributed by atoms with Gasteiger partial charge in [0, 0.05) is 15.8 Å². The lowest BCUT2D eigenvalue weighted by Gasteiger charge is -2.27. The molecule has 98 valence electrons. The van der Waals surface area contributed by atoms with E-state index in [1.165, 1.54) is 25.7 Å². The Kier molecular flexibility index (Phi) is 4.73. The van der Waals surface area contributed by atoms with Gasteiger partial charge in [-0.1, -0.05) is 25.0 Å². The van der Waals surface area contributed by atoms with Crippen molar-refractivity contribution in [2.45, 2.75) is 30.4 Å². The summed E-state index contributed by atoms with van der Waals surface area (Å²) in [5.74, 6) is 0.0165. The van der Waals surface area contributed by atoms with Gasteiger partial charge in [-0.05, 0) is 47.2 Å². The van der Waals surface area contributed by atoms with Gasteiger partial charge in [0.2, 0.25) is 0 Å². The highest BCUT2D eigenvalue weighted by Gasteiger charge is 2.33. The minimum atomic E-state index is 0.0165. The molecule has 18 heavy (non-hydrogen) atoms. The molecule has 1 saturated carbocycles. The average molecular weight is 328 g/mol. The first kappa shape index (κ1) is 13.9.